The van der Waals surface area contributed by atoms with E-state index in [-0.39, 0.29) is 12.3 Å². The van der Waals surface area contributed by atoms with E-state index in [0.717, 1.165) is 5.56 Å². The largest absolute Gasteiger partial charge is 0.497 e. The van der Waals surface area contributed by atoms with Crippen molar-refractivity contribution >= 4 is 40.7 Å². The van der Waals surface area contributed by atoms with E-state index in [2.05, 4.69) is 21.2 Å². The van der Waals surface area contributed by atoms with Gasteiger partial charge in [0.2, 0.25) is 5.91 Å². The van der Waals surface area contributed by atoms with Crippen LogP contribution in [0.2, 0.25) is 5.02 Å². The molecule has 164 valence electrons. The highest BCUT2D eigenvalue weighted by Crippen LogP contribution is 2.28. The van der Waals surface area contributed by atoms with Crippen LogP contribution in [0.5, 0.6) is 11.5 Å². The first-order valence-electron chi connectivity index (χ1n) is 9.20. The average molecular weight is 447 g/mol. The van der Waals surface area contributed by atoms with Gasteiger partial charge in [-0.1, -0.05) is 23.7 Å². The molecule has 0 saturated heterocycles. The van der Waals surface area contributed by atoms with Gasteiger partial charge in [-0.15, -0.1) is 0 Å². The van der Waals surface area contributed by atoms with Gasteiger partial charge >= 0.3 is 11.8 Å². The minimum Gasteiger partial charge on any atom is -0.497 e. The lowest BCUT2D eigenvalue weighted by molar-refractivity contribution is -0.136. The maximum atomic E-state index is 12.1. The Morgan fingerprint density at radius 3 is 2.35 bits per heavy atom. The zero-order valence-corrected chi connectivity index (χ0v) is 18.1. The molecule has 9 nitrogen and oxygen atoms in total. The van der Waals surface area contributed by atoms with Gasteiger partial charge in [0, 0.05) is 23.3 Å². The SMILES string of the molecule is COc1ccc(NC(=O)C(=O)NN=C(C)CC(=O)NCc2ccc(Cl)cc2)c(OC)c1. The minimum atomic E-state index is -0.987. The van der Waals surface area contributed by atoms with Crippen molar-refractivity contribution in [3.63, 3.8) is 0 Å². The molecule has 0 heterocycles. The van der Waals surface area contributed by atoms with Crippen molar-refractivity contribution in [2.75, 3.05) is 19.5 Å². The Bertz CT molecular complexity index is 976. The van der Waals surface area contributed by atoms with Crippen molar-refractivity contribution in [2.45, 2.75) is 19.9 Å². The van der Waals surface area contributed by atoms with Crippen LogP contribution in [0.3, 0.4) is 0 Å². The number of amides is 3. The van der Waals surface area contributed by atoms with Gasteiger partial charge in [-0.2, -0.15) is 5.10 Å². The Labute approximate surface area is 184 Å². The summed E-state index contributed by atoms with van der Waals surface area (Å²) in [4.78, 5) is 36.1. The van der Waals surface area contributed by atoms with E-state index >= 15 is 0 Å². The van der Waals surface area contributed by atoms with Crippen LogP contribution in [0.15, 0.2) is 47.6 Å². The van der Waals surface area contributed by atoms with Crippen molar-refractivity contribution in [1.82, 2.24) is 10.7 Å². The third-order valence-corrected chi connectivity index (χ3v) is 4.28. The van der Waals surface area contributed by atoms with Crippen molar-refractivity contribution in [3.05, 3.63) is 53.1 Å². The second kappa shape index (κ2) is 11.6. The maximum absolute atomic E-state index is 12.1. The Morgan fingerprint density at radius 2 is 1.71 bits per heavy atom. The minimum absolute atomic E-state index is 0.0399. The zero-order valence-electron chi connectivity index (χ0n) is 17.3. The molecule has 0 bridgehead atoms. The third-order valence-electron chi connectivity index (χ3n) is 4.03. The van der Waals surface area contributed by atoms with Gasteiger partial charge in [-0.05, 0) is 36.8 Å². The number of hydrogen-bond acceptors (Lipinski definition) is 6. The van der Waals surface area contributed by atoms with Crippen LogP contribution in [-0.4, -0.2) is 37.7 Å². The van der Waals surface area contributed by atoms with Gasteiger partial charge in [-0.3, -0.25) is 14.4 Å². The number of anilines is 1. The number of nitrogens with zero attached hydrogens (tertiary/aromatic N) is 1. The van der Waals surface area contributed by atoms with E-state index in [9.17, 15) is 14.4 Å². The van der Waals surface area contributed by atoms with E-state index in [1.54, 1.807) is 49.4 Å². The summed E-state index contributed by atoms with van der Waals surface area (Å²) in [6, 6.07) is 11.8. The number of rotatable bonds is 8. The second-order valence-corrected chi connectivity index (χ2v) is 6.82. The topological polar surface area (TPSA) is 118 Å². The first-order chi connectivity index (χ1) is 14.8. The smallest absolute Gasteiger partial charge is 0.329 e. The molecule has 3 amide bonds. The van der Waals surface area contributed by atoms with Crippen LogP contribution in [0.25, 0.3) is 0 Å². The molecule has 2 aromatic carbocycles. The first kappa shape index (κ1) is 23.7. The van der Waals surface area contributed by atoms with Gasteiger partial charge in [-0.25, -0.2) is 5.43 Å². The summed E-state index contributed by atoms with van der Waals surface area (Å²) in [5, 5.41) is 9.57. The van der Waals surface area contributed by atoms with Gasteiger partial charge in [0.15, 0.2) is 0 Å². The standard InChI is InChI=1S/C21H23ClN4O5/c1-13(10-19(27)23-12-14-4-6-15(22)7-5-14)25-26-21(29)20(28)24-17-9-8-16(30-2)11-18(17)31-3/h4-9,11H,10,12H2,1-3H3,(H,23,27)(H,24,28)(H,26,29). The monoisotopic (exact) mass is 446 g/mol. The molecule has 0 aliphatic heterocycles. The van der Waals surface area contributed by atoms with Gasteiger partial charge < -0.3 is 20.1 Å². The number of halogens is 1. The van der Waals surface area contributed by atoms with Gasteiger partial charge in [0.1, 0.15) is 11.5 Å². The molecule has 10 heteroatoms. The molecular weight excluding hydrogens is 424 g/mol. The molecule has 0 radical (unpaired) electrons. The van der Waals surface area contributed by atoms with E-state index < -0.39 is 11.8 Å². The molecule has 0 aliphatic rings. The average Bonchev–Trinajstić information content (AvgIpc) is 2.77. The van der Waals surface area contributed by atoms with E-state index in [0.29, 0.717) is 34.5 Å². The number of methoxy groups -OCH3 is 2. The van der Waals surface area contributed by atoms with Crippen LogP contribution >= 0.6 is 11.6 Å². The van der Waals surface area contributed by atoms with Crippen molar-refractivity contribution in [2.24, 2.45) is 5.10 Å². The van der Waals surface area contributed by atoms with Gasteiger partial charge in [0.25, 0.3) is 0 Å². The predicted molar refractivity (Wildman–Crippen MR) is 117 cm³/mol. The molecule has 0 spiro atoms. The number of carbonyl (C=O) groups is 3. The third kappa shape index (κ3) is 7.63. The van der Waals surface area contributed by atoms with Crippen LogP contribution < -0.4 is 25.5 Å². The van der Waals surface area contributed by atoms with Crippen LogP contribution in [0, 0.1) is 0 Å². The molecular formula is C21H23ClN4O5. The molecule has 0 atom stereocenters. The Morgan fingerprint density at radius 1 is 1.00 bits per heavy atom. The Balaban J connectivity index is 1.83. The summed E-state index contributed by atoms with van der Waals surface area (Å²) < 4.78 is 10.2. The molecule has 31 heavy (non-hydrogen) atoms. The number of benzene rings is 2. The maximum Gasteiger partial charge on any atom is 0.329 e. The van der Waals surface area contributed by atoms with Crippen molar-refractivity contribution in [3.8, 4) is 11.5 Å². The molecule has 0 saturated carbocycles. The predicted octanol–water partition coefficient (Wildman–Crippen LogP) is 2.49. The van der Waals surface area contributed by atoms with Crippen LogP contribution in [0.1, 0.15) is 18.9 Å². The summed E-state index contributed by atoms with van der Waals surface area (Å²) in [5.74, 6) is -1.34. The summed E-state index contributed by atoms with van der Waals surface area (Å²) in [5.41, 5.74) is 3.65. The fourth-order valence-electron chi connectivity index (χ4n) is 2.42. The first-order valence-corrected chi connectivity index (χ1v) is 9.57. The van der Waals surface area contributed by atoms with E-state index in [4.69, 9.17) is 21.1 Å². The van der Waals surface area contributed by atoms with E-state index in [1.165, 1.54) is 14.2 Å². The molecule has 3 N–H and O–H groups in total. The lowest BCUT2D eigenvalue weighted by Gasteiger charge is -2.11. The van der Waals surface area contributed by atoms with Crippen molar-refractivity contribution < 1.29 is 23.9 Å². The fraction of sp³-hybridized carbons (Fsp3) is 0.238. The van der Waals surface area contributed by atoms with Crippen LogP contribution in [-0.2, 0) is 20.9 Å². The van der Waals surface area contributed by atoms with E-state index in [1.807, 2.05) is 0 Å². The number of nitrogens with one attached hydrogen (secondary N) is 3. The zero-order chi connectivity index (χ0) is 22.8. The summed E-state index contributed by atoms with van der Waals surface area (Å²) in [6.45, 7) is 1.90. The number of carbonyl (C=O) groups excluding carboxylic acids is 3. The molecule has 2 rings (SSSR count). The number of hydrogen-bond donors (Lipinski definition) is 3. The Hall–Kier alpha value is -3.59. The summed E-state index contributed by atoms with van der Waals surface area (Å²) >= 11 is 5.82. The quantitative estimate of drug-likeness (QED) is 0.327. The summed E-state index contributed by atoms with van der Waals surface area (Å²) in [6.07, 6.45) is -0.0399. The molecule has 0 unspecified atom stereocenters. The fourth-order valence-corrected chi connectivity index (χ4v) is 2.54. The highest BCUT2D eigenvalue weighted by molar-refractivity contribution is 6.39. The number of hydrazone groups is 1. The molecule has 0 fully saturated rings. The lowest BCUT2D eigenvalue weighted by Crippen LogP contribution is -2.33. The number of ether oxygens (including phenoxy) is 2. The Kier molecular flexibility index (Phi) is 8.83. The lowest BCUT2D eigenvalue weighted by atomic mass is 10.2. The molecule has 0 aliphatic carbocycles. The highest BCUT2D eigenvalue weighted by Gasteiger charge is 2.16. The molecule has 0 aromatic heterocycles. The van der Waals surface area contributed by atoms with Crippen LogP contribution in [0.4, 0.5) is 5.69 Å². The summed E-state index contributed by atoms with van der Waals surface area (Å²) in [7, 11) is 2.93. The second-order valence-electron chi connectivity index (χ2n) is 6.39. The molecule has 2 aromatic rings. The highest BCUT2D eigenvalue weighted by atomic mass is 35.5. The normalized spacial score (nSPS) is 10.8. The van der Waals surface area contributed by atoms with Gasteiger partial charge in [0.05, 0.1) is 26.3 Å². The van der Waals surface area contributed by atoms with Crippen molar-refractivity contribution in [1.29, 1.82) is 0 Å².